The van der Waals surface area contributed by atoms with E-state index in [0.717, 1.165) is 57.8 Å². The van der Waals surface area contributed by atoms with Crippen LogP contribution in [0.15, 0.2) is 22.8 Å². The van der Waals surface area contributed by atoms with Crippen LogP contribution in [0, 0.1) is 39.4 Å². The predicted molar refractivity (Wildman–Crippen MR) is 150 cm³/mol. The van der Waals surface area contributed by atoms with Crippen molar-refractivity contribution in [1.82, 2.24) is 0 Å². The minimum absolute atomic E-state index is 0.0543. The molecule has 4 aliphatic carbocycles. The first-order valence-corrected chi connectivity index (χ1v) is 15.1. The van der Waals surface area contributed by atoms with Gasteiger partial charge in [-0.2, -0.15) is 0 Å². The van der Waals surface area contributed by atoms with E-state index in [2.05, 4.69) is 54.5 Å². The van der Waals surface area contributed by atoms with Crippen LogP contribution in [0.5, 0.6) is 0 Å². The molecular formula is C33H52O5. The number of hydrogen-bond acceptors (Lipinski definition) is 4. The topological polar surface area (TPSA) is 83.8 Å². The molecule has 7 atom stereocenters. The third kappa shape index (κ3) is 4.80. The van der Waals surface area contributed by atoms with E-state index < -0.39 is 18.4 Å². The third-order valence-corrected chi connectivity index (χ3v) is 12.2. The normalized spacial score (nSPS) is 38.5. The summed E-state index contributed by atoms with van der Waals surface area (Å²) in [5, 5.41) is 19.9. The van der Waals surface area contributed by atoms with Crippen LogP contribution in [0.3, 0.4) is 0 Å². The molecule has 0 aliphatic heterocycles. The molecule has 0 unspecified atom stereocenters. The number of carboxylic acid groups (broad SMARTS) is 1. The largest absolute Gasteiger partial charge is 0.481 e. The molecule has 5 nitrogen and oxygen atoms in total. The van der Waals surface area contributed by atoms with Crippen LogP contribution < -0.4 is 0 Å². The highest BCUT2D eigenvalue weighted by Gasteiger charge is 2.63. The van der Waals surface area contributed by atoms with Crippen LogP contribution in [-0.2, 0) is 14.3 Å². The average Bonchev–Trinajstić information content (AvgIpc) is 3.09. The van der Waals surface area contributed by atoms with Crippen LogP contribution in [0.2, 0.25) is 0 Å². The van der Waals surface area contributed by atoms with Gasteiger partial charge in [0.1, 0.15) is 6.42 Å². The molecule has 2 N–H and O–H groups in total. The minimum Gasteiger partial charge on any atom is -0.481 e. The fourth-order valence-electron chi connectivity index (χ4n) is 9.83. The maximum atomic E-state index is 12.2. The zero-order chi connectivity index (χ0) is 28.1. The van der Waals surface area contributed by atoms with Crippen LogP contribution in [-0.4, -0.2) is 34.9 Å². The number of carboxylic acids is 1. The Hall–Kier alpha value is -1.62. The van der Waals surface area contributed by atoms with E-state index in [-0.39, 0.29) is 33.7 Å². The Balaban J connectivity index is 1.63. The smallest absolute Gasteiger partial charge is 0.317 e. The summed E-state index contributed by atoms with van der Waals surface area (Å²) in [5.41, 5.74) is 5.11. The first-order chi connectivity index (χ1) is 17.7. The van der Waals surface area contributed by atoms with Crippen LogP contribution in [0.1, 0.15) is 119 Å². The number of hydrogen-bond donors (Lipinski definition) is 2. The number of carbonyl (C=O) groups is 2. The SMILES string of the molecule is CC(C)=CCC[C@@H](COC(=O)CC(=O)O)[C@H]1CC[C@@]2(C)C3=C(CC[C@]12C)[C@@]1(C)CC[C@H](O)C(C)(C)[C@@H]1CC3. The first-order valence-electron chi connectivity index (χ1n) is 15.1. The van der Waals surface area contributed by atoms with Gasteiger partial charge >= 0.3 is 11.9 Å². The summed E-state index contributed by atoms with van der Waals surface area (Å²) in [4.78, 5) is 23.2. The second-order valence-corrected chi connectivity index (χ2v) is 14.6. The quantitative estimate of drug-likeness (QED) is 0.194. The number of ether oxygens (including phenoxy) is 1. The minimum atomic E-state index is -1.13. The predicted octanol–water partition coefficient (Wildman–Crippen LogP) is 7.48. The van der Waals surface area contributed by atoms with E-state index in [0.29, 0.717) is 18.4 Å². The molecule has 38 heavy (non-hydrogen) atoms. The van der Waals surface area contributed by atoms with Crippen molar-refractivity contribution in [2.24, 2.45) is 39.4 Å². The van der Waals surface area contributed by atoms with Gasteiger partial charge in [0.05, 0.1) is 12.7 Å². The summed E-state index contributed by atoms with van der Waals surface area (Å²) in [5.74, 6) is -0.565. The van der Waals surface area contributed by atoms with Crippen LogP contribution >= 0.6 is 0 Å². The Morgan fingerprint density at radius 2 is 1.71 bits per heavy atom. The van der Waals surface area contributed by atoms with Gasteiger partial charge in [-0.15, -0.1) is 0 Å². The van der Waals surface area contributed by atoms with Crippen molar-refractivity contribution in [3.05, 3.63) is 22.8 Å². The van der Waals surface area contributed by atoms with Gasteiger partial charge in [0.2, 0.25) is 0 Å². The second-order valence-electron chi connectivity index (χ2n) is 14.6. The molecule has 4 rings (SSSR count). The molecule has 2 fully saturated rings. The zero-order valence-corrected chi connectivity index (χ0v) is 25.0. The highest BCUT2D eigenvalue weighted by atomic mass is 16.5. The van der Waals surface area contributed by atoms with Crippen molar-refractivity contribution in [3.63, 3.8) is 0 Å². The summed E-state index contributed by atoms with van der Waals surface area (Å²) in [7, 11) is 0. The van der Waals surface area contributed by atoms with Gasteiger partial charge in [0.25, 0.3) is 0 Å². The van der Waals surface area contributed by atoms with E-state index in [1.807, 2.05) is 0 Å². The summed E-state index contributed by atoms with van der Waals surface area (Å²) in [6.07, 6.45) is 12.3. The molecule has 0 spiro atoms. The van der Waals surface area contributed by atoms with E-state index in [1.165, 1.54) is 12.0 Å². The van der Waals surface area contributed by atoms with Gasteiger partial charge in [0.15, 0.2) is 0 Å². The van der Waals surface area contributed by atoms with E-state index >= 15 is 0 Å². The van der Waals surface area contributed by atoms with Crippen molar-refractivity contribution in [2.75, 3.05) is 6.61 Å². The molecule has 0 heterocycles. The number of aliphatic hydroxyl groups is 1. The van der Waals surface area contributed by atoms with Crippen LogP contribution in [0.25, 0.3) is 0 Å². The number of aliphatic hydroxyl groups excluding tert-OH is 1. The molecule has 0 amide bonds. The Bertz CT molecular complexity index is 1000. The van der Waals surface area contributed by atoms with Crippen molar-refractivity contribution in [2.45, 2.75) is 125 Å². The summed E-state index contributed by atoms with van der Waals surface area (Å²) in [6, 6.07) is 0. The number of rotatable bonds is 8. The summed E-state index contributed by atoms with van der Waals surface area (Å²) in [6.45, 7) is 16.7. The number of allylic oxidation sites excluding steroid dienone is 4. The van der Waals surface area contributed by atoms with Gasteiger partial charge in [-0.1, -0.05) is 57.4 Å². The highest BCUT2D eigenvalue weighted by Crippen LogP contribution is 2.72. The number of carbonyl (C=O) groups excluding carboxylic acids is 1. The lowest BCUT2D eigenvalue weighted by atomic mass is 9.43. The van der Waals surface area contributed by atoms with Gasteiger partial charge in [-0.05, 0) is 117 Å². The maximum absolute atomic E-state index is 12.2. The fraction of sp³-hybridized carbons (Fsp3) is 0.818. The third-order valence-electron chi connectivity index (χ3n) is 12.2. The Morgan fingerprint density at radius 1 is 1.00 bits per heavy atom. The Morgan fingerprint density at radius 3 is 2.37 bits per heavy atom. The number of fused-ring (bicyclic) bond motifs is 4. The van der Waals surface area contributed by atoms with E-state index in [9.17, 15) is 14.7 Å². The lowest BCUT2D eigenvalue weighted by molar-refractivity contribution is -0.153. The lowest BCUT2D eigenvalue weighted by Crippen LogP contribution is -2.55. The maximum Gasteiger partial charge on any atom is 0.317 e. The Kier molecular flexibility index (Phi) is 8.04. The van der Waals surface area contributed by atoms with E-state index in [4.69, 9.17) is 9.84 Å². The van der Waals surface area contributed by atoms with Gasteiger partial charge in [-0.3, -0.25) is 9.59 Å². The molecule has 0 radical (unpaired) electrons. The second kappa shape index (κ2) is 10.4. The fourth-order valence-corrected chi connectivity index (χ4v) is 9.83. The number of esters is 1. The molecule has 5 heteroatoms. The molecule has 2 saturated carbocycles. The molecule has 4 aliphatic rings. The Labute approximate surface area is 230 Å². The molecule has 214 valence electrons. The molecule has 0 aromatic carbocycles. The van der Waals surface area contributed by atoms with Crippen molar-refractivity contribution < 1.29 is 24.5 Å². The van der Waals surface area contributed by atoms with Crippen molar-refractivity contribution in [3.8, 4) is 0 Å². The molecule has 0 aromatic rings. The first kappa shape index (κ1) is 29.4. The summed E-state index contributed by atoms with van der Waals surface area (Å²) < 4.78 is 5.59. The molecule has 0 bridgehead atoms. The highest BCUT2D eigenvalue weighted by molar-refractivity contribution is 5.90. The number of aliphatic carboxylic acids is 1. The van der Waals surface area contributed by atoms with Gasteiger partial charge in [0, 0.05) is 0 Å². The summed E-state index contributed by atoms with van der Waals surface area (Å²) >= 11 is 0. The standard InChI is InChI=1S/C33H52O5/c1-21(2)9-8-10-22(20-38-29(37)19-28(35)36)23-13-17-33(7)25-11-12-26-30(3,4)27(34)15-16-31(26,5)24(25)14-18-32(23,33)6/h9,22-23,26-27,34H,8,10-20H2,1-7H3,(H,35,36)/t22-,23+,26-,27-,31+,32+,33-/m0/s1. The van der Waals surface area contributed by atoms with Crippen molar-refractivity contribution >= 4 is 11.9 Å². The monoisotopic (exact) mass is 528 g/mol. The molecule has 0 aromatic heterocycles. The van der Waals surface area contributed by atoms with E-state index in [1.54, 1.807) is 11.1 Å². The molecular weight excluding hydrogens is 476 g/mol. The van der Waals surface area contributed by atoms with Crippen LogP contribution in [0.4, 0.5) is 0 Å². The molecule has 0 saturated heterocycles. The zero-order valence-electron chi connectivity index (χ0n) is 25.0. The average molecular weight is 529 g/mol. The lowest BCUT2D eigenvalue weighted by Gasteiger charge is -2.62. The van der Waals surface area contributed by atoms with Crippen molar-refractivity contribution in [1.29, 1.82) is 0 Å². The van der Waals surface area contributed by atoms with Gasteiger partial charge in [-0.25, -0.2) is 0 Å². The van der Waals surface area contributed by atoms with Gasteiger partial charge < -0.3 is 14.9 Å².